The number of carbonyl (C=O) groups excluding carboxylic acids is 1. The Morgan fingerprint density at radius 2 is 1.88 bits per heavy atom. The van der Waals surface area contributed by atoms with Gasteiger partial charge in [-0.15, -0.1) is 0 Å². The summed E-state index contributed by atoms with van der Waals surface area (Å²) < 4.78 is 5.41. The van der Waals surface area contributed by atoms with E-state index in [1.165, 1.54) is 6.92 Å². The molecule has 0 aliphatic carbocycles. The number of ketones is 1. The van der Waals surface area contributed by atoms with Crippen molar-refractivity contribution in [2.24, 2.45) is 0 Å². The lowest BCUT2D eigenvalue weighted by Gasteiger charge is -2.04. The molecule has 0 unspecified atom stereocenters. The van der Waals surface area contributed by atoms with E-state index in [1.807, 2.05) is 6.92 Å². The van der Waals surface area contributed by atoms with Gasteiger partial charge in [0.25, 0.3) is 0 Å². The molecule has 0 spiro atoms. The highest BCUT2D eigenvalue weighted by molar-refractivity contribution is 6.35. The Morgan fingerprint density at radius 3 is 2.47 bits per heavy atom. The van der Waals surface area contributed by atoms with Crippen LogP contribution in [-0.4, -0.2) is 5.78 Å². The molecule has 1 aromatic heterocycles. The maximum atomic E-state index is 11.1. The zero-order valence-corrected chi connectivity index (χ0v) is 10.9. The van der Waals surface area contributed by atoms with Gasteiger partial charge in [0.05, 0.1) is 5.02 Å². The number of furan rings is 1. The van der Waals surface area contributed by atoms with E-state index in [-0.39, 0.29) is 5.78 Å². The number of benzene rings is 1. The summed E-state index contributed by atoms with van der Waals surface area (Å²) in [4.78, 5) is 11.1. The fraction of sp³-hybridized carbons (Fsp3) is 0.154. The first-order valence-electron chi connectivity index (χ1n) is 5.06. The maximum Gasteiger partial charge on any atom is 0.194 e. The van der Waals surface area contributed by atoms with Gasteiger partial charge in [-0.1, -0.05) is 23.2 Å². The van der Waals surface area contributed by atoms with Crippen molar-refractivity contribution < 1.29 is 9.21 Å². The predicted octanol–water partition coefficient (Wildman–Crippen LogP) is 4.76. The molecule has 2 aromatic rings. The van der Waals surface area contributed by atoms with Crippen LogP contribution < -0.4 is 0 Å². The molecule has 0 aliphatic heterocycles. The summed E-state index contributed by atoms with van der Waals surface area (Å²) in [5, 5.41) is 1.17. The average Bonchev–Trinajstić information content (AvgIpc) is 2.72. The average molecular weight is 269 g/mol. The van der Waals surface area contributed by atoms with Crippen LogP contribution in [0.15, 0.2) is 28.7 Å². The van der Waals surface area contributed by atoms with E-state index in [0.717, 1.165) is 5.56 Å². The SMILES string of the molecule is CC(=O)c1ccc(-c2cc(Cl)c(C)cc2Cl)o1. The van der Waals surface area contributed by atoms with Gasteiger partial charge in [0, 0.05) is 17.5 Å². The van der Waals surface area contributed by atoms with Crippen LogP contribution in [0.25, 0.3) is 11.3 Å². The quantitative estimate of drug-likeness (QED) is 0.735. The summed E-state index contributed by atoms with van der Waals surface area (Å²) in [5.74, 6) is 0.737. The van der Waals surface area contributed by atoms with E-state index in [2.05, 4.69) is 0 Å². The van der Waals surface area contributed by atoms with Crippen molar-refractivity contribution in [3.63, 3.8) is 0 Å². The number of carbonyl (C=O) groups is 1. The molecule has 0 fully saturated rings. The van der Waals surface area contributed by atoms with Gasteiger partial charge in [-0.05, 0) is 36.8 Å². The second kappa shape index (κ2) is 4.55. The number of aryl methyl sites for hydroxylation is 1. The minimum absolute atomic E-state index is 0.120. The topological polar surface area (TPSA) is 30.2 Å². The fourth-order valence-electron chi connectivity index (χ4n) is 1.51. The second-order valence-corrected chi connectivity index (χ2v) is 4.62. The third-order valence-corrected chi connectivity index (χ3v) is 3.19. The Labute approximate surface area is 109 Å². The van der Waals surface area contributed by atoms with Gasteiger partial charge in [0.1, 0.15) is 5.76 Å². The third kappa shape index (κ3) is 2.38. The fourth-order valence-corrected chi connectivity index (χ4v) is 1.98. The molecule has 4 heteroatoms. The van der Waals surface area contributed by atoms with Crippen LogP contribution in [0.4, 0.5) is 0 Å². The normalized spacial score (nSPS) is 10.6. The summed E-state index contributed by atoms with van der Waals surface area (Å²) in [7, 11) is 0. The van der Waals surface area contributed by atoms with Crippen LogP contribution in [-0.2, 0) is 0 Å². The molecule has 1 aromatic carbocycles. The number of rotatable bonds is 2. The molecule has 0 saturated carbocycles. The molecule has 88 valence electrons. The largest absolute Gasteiger partial charge is 0.453 e. The highest BCUT2D eigenvalue weighted by atomic mass is 35.5. The molecule has 1 heterocycles. The first kappa shape index (κ1) is 12.2. The van der Waals surface area contributed by atoms with Gasteiger partial charge >= 0.3 is 0 Å². The van der Waals surface area contributed by atoms with E-state index >= 15 is 0 Å². The van der Waals surface area contributed by atoms with E-state index in [4.69, 9.17) is 27.6 Å². The summed E-state index contributed by atoms with van der Waals surface area (Å²) in [6.45, 7) is 3.33. The zero-order valence-electron chi connectivity index (χ0n) is 9.38. The highest BCUT2D eigenvalue weighted by Crippen LogP contribution is 2.33. The molecule has 2 rings (SSSR count). The van der Waals surface area contributed by atoms with Crippen LogP contribution in [0.2, 0.25) is 10.0 Å². The van der Waals surface area contributed by atoms with E-state index in [1.54, 1.807) is 24.3 Å². The van der Waals surface area contributed by atoms with Gasteiger partial charge < -0.3 is 4.42 Å². The summed E-state index contributed by atoms with van der Waals surface area (Å²) in [5.41, 5.74) is 1.59. The van der Waals surface area contributed by atoms with Crippen LogP contribution in [0.5, 0.6) is 0 Å². The number of halogens is 2. The van der Waals surface area contributed by atoms with Crippen LogP contribution >= 0.6 is 23.2 Å². The number of Topliss-reactive ketones (excluding diaryl/α,β-unsaturated/α-hetero) is 1. The Kier molecular flexibility index (Phi) is 3.27. The van der Waals surface area contributed by atoms with E-state index in [9.17, 15) is 4.79 Å². The molecule has 0 amide bonds. The van der Waals surface area contributed by atoms with E-state index in [0.29, 0.717) is 27.1 Å². The van der Waals surface area contributed by atoms with Crippen molar-refractivity contribution in [1.29, 1.82) is 0 Å². The van der Waals surface area contributed by atoms with E-state index < -0.39 is 0 Å². The first-order chi connectivity index (χ1) is 7.99. The van der Waals surface area contributed by atoms with Crippen molar-refractivity contribution in [3.05, 3.63) is 45.6 Å². The maximum absolute atomic E-state index is 11.1. The summed E-state index contributed by atoms with van der Waals surface area (Å²) >= 11 is 12.2. The lowest BCUT2D eigenvalue weighted by Crippen LogP contribution is -1.86. The minimum Gasteiger partial charge on any atom is -0.453 e. The Morgan fingerprint density at radius 1 is 1.18 bits per heavy atom. The van der Waals surface area contributed by atoms with Crippen molar-refractivity contribution in [2.75, 3.05) is 0 Å². The summed E-state index contributed by atoms with van der Waals surface area (Å²) in [6, 6.07) is 6.85. The smallest absolute Gasteiger partial charge is 0.194 e. The second-order valence-electron chi connectivity index (χ2n) is 3.80. The summed E-state index contributed by atoms with van der Waals surface area (Å²) in [6.07, 6.45) is 0. The van der Waals surface area contributed by atoms with Crippen molar-refractivity contribution >= 4 is 29.0 Å². The number of hydrogen-bond acceptors (Lipinski definition) is 2. The molecule has 0 atom stereocenters. The predicted molar refractivity (Wildman–Crippen MR) is 68.9 cm³/mol. The van der Waals surface area contributed by atoms with Crippen molar-refractivity contribution in [3.8, 4) is 11.3 Å². The molecular weight excluding hydrogens is 259 g/mol. The first-order valence-corrected chi connectivity index (χ1v) is 5.81. The highest BCUT2D eigenvalue weighted by Gasteiger charge is 2.12. The molecule has 0 N–H and O–H groups in total. The van der Waals surface area contributed by atoms with Gasteiger partial charge in [-0.25, -0.2) is 0 Å². The van der Waals surface area contributed by atoms with Crippen molar-refractivity contribution in [2.45, 2.75) is 13.8 Å². The lowest BCUT2D eigenvalue weighted by molar-refractivity contribution is 0.0988. The van der Waals surface area contributed by atoms with Gasteiger partial charge in [-0.2, -0.15) is 0 Å². The van der Waals surface area contributed by atoms with Gasteiger partial charge in [-0.3, -0.25) is 4.79 Å². The van der Waals surface area contributed by atoms with Gasteiger partial charge in [0.15, 0.2) is 11.5 Å². The molecule has 0 bridgehead atoms. The minimum atomic E-state index is -0.120. The van der Waals surface area contributed by atoms with Crippen molar-refractivity contribution in [1.82, 2.24) is 0 Å². The zero-order chi connectivity index (χ0) is 12.6. The molecule has 0 radical (unpaired) electrons. The molecule has 0 saturated heterocycles. The monoisotopic (exact) mass is 268 g/mol. The Bertz CT molecular complexity index is 585. The standard InChI is InChI=1S/C13H10Cl2O2/c1-7-5-11(15)9(6-10(7)14)13-4-3-12(17-13)8(2)16/h3-6H,1-2H3. The Hall–Kier alpha value is -1.25. The molecule has 0 aliphatic rings. The lowest BCUT2D eigenvalue weighted by atomic mass is 10.1. The van der Waals surface area contributed by atoms with Crippen LogP contribution in [0.3, 0.4) is 0 Å². The molecule has 2 nitrogen and oxygen atoms in total. The van der Waals surface area contributed by atoms with Crippen LogP contribution in [0, 0.1) is 6.92 Å². The van der Waals surface area contributed by atoms with Crippen LogP contribution in [0.1, 0.15) is 23.0 Å². The number of hydrogen-bond donors (Lipinski definition) is 0. The molecular formula is C13H10Cl2O2. The third-order valence-electron chi connectivity index (χ3n) is 2.47. The van der Waals surface area contributed by atoms with Gasteiger partial charge in [0.2, 0.25) is 0 Å². The Balaban J connectivity index is 2.52. The molecule has 17 heavy (non-hydrogen) atoms.